The van der Waals surface area contributed by atoms with Crippen molar-refractivity contribution >= 4 is 11.9 Å². The summed E-state index contributed by atoms with van der Waals surface area (Å²) in [5.74, 6) is -1.14. The summed E-state index contributed by atoms with van der Waals surface area (Å²) in [5.41, 5.74) is 0. The van der Waals surface area contributed by atoms with Gasteiger partial charge in [0.2, 0.25) is 6.23 Å². The van der Waals surface area contributed by atoms with Crippen molar-refractivity contribution in [3.8, 4) is 0 Å². The van der Waals surface area contributed by atoms with E-state index in [1.54, 1.807) is 0 Å². The van der Waals surface area contributed by atoms with Crippen LogP contribution in [0.25, 0.3) is 0 Å². The number of nitro groups is 2. The van der Waals surface area contributed by atoms with Crippen LogP contribution in [-0.2, 0) is 11.3 Å². The summed E-state index contributed by atoms with van der Waals surface area (Å²) in [4.78, 5) is 27.5. The van der Waals surface area contributed by atoms with Gasteiger partial charge in [-0.2, -0.15) is 4.57 Å². The minimum Gasteiger partial charge on any atom is -0.390 e. The molecule has 3 heterocycles. The summed E-state index contributed by atoms with van der Waals surface area (Å²) in [7, 11) is 0. The molecule has 1 fully saturated rings. The van der Waals surface area contributed by atoms with Crippen molar-refractivity contribution in [2.75, 3.05) is 0 Å². The van der Waals surface area contributed by atoms with E-state index < -0.39 is 52.4 Å². The van der Waals surface area contributed by atoms with Gasteiger partial charge in [0.05, 0.1) is 0 Å². The molecule has 0 aromatic carbocycles. The van der Waals surface area contributed by atoms with Gasteiger partial charge in [-0.05, 0) is 9.85 Å². The molecule has 5 atom stereocenters. The number of hydrogen-bond donors (Lipinski definition) is 3. The van der Waals surface area contributed by atoms with Crippen molar-refractivity contribution in [2.24, 2.45) is 0 Å². The molecule has 14 nitrogen and oxygen atoms in total. The Balaban J connectivity index is 1.89. The van der Waals surface area contributed by atoms with E-state index in [4.69, 9.17) is 4.74 Å². The number of aliphatic hydroxyl groups excluding tert-OH is 3. The first-order valence-electron chi connectivity index (χ1n) is 7.33. The van der Waals surface area contributed by atoms with E-state index in [9.17, 15) is 35.5 Å². The maximum Gasteiger partial charge on any atom is 0.436 e. The molecule has 26 heavy (non-hydrogen) atoms. The SMILES string of the molecule is O=[N+]([O-])c1nccn1C[C@H]1O[C@@H](n2ccnc2[N+](=O)[O-])[C@H](O)[C@@H](O)[C@@H]1O. The molecule has 0 radical (unpaired) electrons. The lowest BCUT2D eigenvalue weighted by atomic mass is 9.97. The van der Waals surface area contributed by atoms with Gasteiger partial charge in [0.25, 0.3) is 0 Å². The molecule has 0 spiro atoms. The number of ether oxygens (including phenoxy) is 1. The van der Waals surface area contributed by atoms with Crippen LogP contribution in [0.3, 0.4) is 0 Å². The quantitative estimate of drug-likeness (QED) is 0.415. The maximum absolute atomic E-state index is 11.0. The lowest BCUT2D eigenvalue weighted by molar-refractivity contribution is -0.401. The van der Waals surface area contributed by atoms with Crippen LogP contribution >= 0.6 is 0 Å². The highest BCUT2D eigenvalue weighted by molar-refractivity contribution is 5.11. The molecule has 0 unspecified atom stereocenters. The first-order valence-corrected chi connectivity index (χ1v) is 7.33. The Hall–Kier alpha value is -2.94. The van der Waals surface area contributed by atoms with Crippen LogP contribution in [0.5, 0.6) is 0 Å². The van der Waals surface area contributed by atoms with Gasteiger partial charge in [0.15, 0.2) is 0 Å². The second-order valence-corrected chi connectivity index (χ2v) is 5.57. The van der Waals surface area contributed by atoms with Crippen LogP contribution in [-0.4, -0.2) is 68.7 Å². The van der Waals surface area contributed by atoms with Gasteiger partial charge in [-0.15, -0.1) is 0 Å². The van der Waals surface area contributed by atoms with Gasteiger partial charge >= 0.3 is 11.9 Å². The molecule has 3 N–H and O–H groups in total. The minimum atomic E-state index is -1.71. The molecule has 0 aliphatic carbocycles. The van der Waals surface area contributed by atoms with Gasteiger partial charge in [-0.1, -0.05) is 9.97 Å². The van der Waals surface area contributed by atoms with Crippen LogP contribution in [0, 0.1) is 20.2 Å². The number of imidazole rings is 2. The highest BCUT2D eigenvalue weighted by atomic mass is 16.6. The van der Waals surface area contributed by atoms with Gasteiger partial charge in [-0.3, -0.25) is 0 Å². The monoisotopic (exact) mass is 370 g/mol. The van der Waals surface area contributed by atoms with Crippen molar-refractivity contribution in [3.05, 3.63) is 45.0 Å². The van der Waals surface area contributed by atoms with Gasteiger partial charge in [-0.25, -0.2) is 4.57 Å². The largest absolute Gasteiger partial charge is 0.436 e. The molecule has 3 rings (SSSR count). The van der Waals surface area contributed by atoms with Crippen LogP contribution in [0.15, 0.2) is 24.8 Å². The third kappa shape index (κ3) is 3.01. The zero-order valence-electron chi connectivity index (χ0n) is 13.0. The number of nitrogens with zero attached hydrogens (tertiary/aromatic N) is 6. The highest BCUT2D eigenvalue weighted by Crippen LogP contribution is 2.32. The first-order chi connectivity index (χ1) is 12.3. The smallest absolute Gasteiger partial charge is 0.390 e. The third-order valence-corrected chi connectivity index (χ3v) is 4.01. The Morgan fingerprint density at radius 1 is 1.00 bits per heavy atom. The van der Waals surface area contributed by atoms with E-state index in [2.05, 4.69) is 9.97 Å². The average molecular weight is 370 g/mol. The molecule has 0 amide bonds. The lowest BCUT2D eigenvalue weighted by Crippen LogP contribution is -2.56. The summed E-state index contributed by atoms with van der Waals surface area (Å²) in [6.07, 6.45) is -2.88. The van der Waals surface area contributed by atoms with Gasteiger partial charge in [0, 0.05) is 0 Å². The standard InChI is InChI=1S/C12H14N6O8/c19-7-6(5-15-3-1-13-11(15)17(22)23)26-10(9(21)8(7)20)16-4-2-14-12(16)18(24)25/h1-4,6-10,19-21H,5H2/t6-,7-,8+,9-,10-/m1/s1. The van der Waals surface area contributed by atoms with Crippen LogP contribution in [0.2, 0.25) is 0 Å². The van der Waals surface area contributed by atoms with Crippen molar-refractivity contribution < 1.29 is 29.9 Å². The molecular formula is C12H14N6O8. The Labute approximate surface area is 144 Å². The van der Waals surface area contributed by atoms with E-state index in [1.165, 1.54) is 18.6 Å². The summed E-state index contributed by atoms with van der Waals surface area (Å²) in [5, 5.41) is 52.3. The van der Waals surface area contributed by atoms with Crippen molar-refractivity contribution in [2.45, 2.75) is 37.2 Å². The number of aromatic nitrogens is 4. The molecule has 0 saturated carbocycles. The summed E-state index contributed by atoms with van der Waals surface area (Å²) in [6, 6.07) is 0. The highest BCUT2D eigenvalue weighted by Gasteiger charge is 2.48. The second kappa shape index (κ2) is 6.75. The van der Waals surface area contributed by atoms with Gasteiger partial charge < -0.3 is 40.3 Å². The fraction of sp³-hybridized carbons (Fsp3) is 0.500. The first kappa shape index (κ1) is 17.9. The fourth-order valence-electron chi connectivity index (χ4n) is 2.77. The number of aliphatic hydroxyl groups is 3. The summed E-state index contributed by atoms with van der Waals surface area (Å²) >= 11 is 0. The van der Waals surface area contributed by atoms with E-state index >= 15 is 0 Å². The Kier molecular flexibility index (Phi) is 4.64. The van der Waals surface area contributed by atoms with E-state index in [1.807, 2.05) is 0 Å². The molecule has 2 aromatic heterocycles. The Morgan fingerprint density at radius 3 is 2.27 bits per heavy atom. The zero-order chi connectivity index (χ0) is 19.0. The predicted octanol–water partition coefficient (Wildman–Crippen LogP) is -1.42. The van der Waals surface area contributed by atoms with E-state index in [-0.39, 0.29) is 6.54 Å². The Morgan fingerprint density at radius 2 is 1.62 bits per heavy atom. The minimum absolute atomic E-state index is 0.278. The van der Waals surface area contributed by atoms with Gasteiger partial charge in [0.1, 0.15) is 55.7 Å². The van der Waals surface area contributed by atoms with E-state index in [0.717, 1.165) is 15.3 Å². The predicted molar refractivity (Wildman–Crippen MR) is 79.7 cm³/mol. The summed E-state index contributed by atoms with van der Waals surface area (Å²) < 4.78 is 7.49. The summed E-state index contributed by atoms with van der Waals surface area (Å²) in [6.45, 7) is -0.278. The molecule has 0 bridgehead atoms. The lowest BCUT2D eigenvalue weighted by Gasteiger charge is -2.39. The van der Waals surface area contributed by atoms with Crippen LogP contribution in [0.4, 0.5) is 11.9 Å². The van der Waals surface area contributed by atoms with Crippen molar-refractivity contribution in [3.63, 3.8) is 0 Å². The topological polar surface area (TPSA) is 192 Å². The van der Waals surface area contributed by atoms with E-state index in [0.29, 0.717) is 0 Å². The normalized spacial score (nSPS) is 28.8. The molecule has 140 valence electrons. The van der Waals surface area contributed by atoms with Crippen LogP contribution < -0.4 is 0 Å². The maximum atomic E-state index is 11.0. The third-order valence-electron chi connectivity index (χ3n) is 4.01. The fourth-order valence-corrected chi connectivity index (χ4v) is 2.77. The average Bonchev–Trinajstić information content (AvgIpc) is 3.24. The Bertz CT molecular complexity index is 818. The van der Waals surface area contributed by atoms with Crippen molar-refractivity contribution in [1.29, 1.82) is 0 Å². The van der Waals surface area contributed by atoms with Crippen molar-refractivity contribution in [1.82, 2.24) is 19.1 Å². The second-order valence-electron chi connectivity index (χ2n) is 5.57. The molecule has 14 heteroatoms. The number of hydrogen-bond acceptors (Lipinski definition) is 10. The molecular weight excluding hydrogens is 356 g/mol. The molecule has 2 aromatic rings. The molecule has 1 saturated heterocycles. The number of rotatable bonds is 5. The van der Waals surface area contributed by atoms with Crippen LogP contribution in [0.1, 0.15) is 6.23 Å². The molecule has 1 aliphatic rings. The molecule has 1 aliphatic heterocycles. The zero-order valence-corrected chi connectivity index (χ0v) is 13.0.